The van der Waals surface area contributed by atoms with Crippen LogP contribution in [-0.2, 0) is 0 Å². The molecule has 1 aliphatic heterocycles. The first kappa shape index (κ1) is 25.6. The molecule has 7 aromatic carbocycles. The lowest BCUT2D eigenvalue weighted by Gasteiger charge is -2.23. The van der Waals surface area contributed by atoms with Crippen LogP contribution in [-0.4, -0.2) is 5.84 Å². The summed E-state index contributed by atoms with van der Waals surface area (Å²) in [6, 6.07) is 51.9. The molecule has 1 unspecified atom stereocenters. The van der Waals surface area contributed by atoms with E-state index in [0.717, 1.165) is 39.0 Å². The molecule has 10 rings (SSSR count). The summed E-state index contributed by atoms with van der Waals surface area (Å²) in [6.45, 7) is 0. The van der Waals surface area contributed by atoms with Crippen molar-refractivity contribution in [1.82, 2.24) is 0 Å². The number of thiophene rings is 1. The van der Waals surface area contributed by atoms with Crippen molar-refractivity contribution < 1.29 is 4.42 Å². The van der Waals surface area contributed by atoms with Crippen molar-refractivity contribution in [3.05, 3.63) is 162 Å². The van der Waals surface area contributed by atoms with E-state index in [9.17, 15) is 0 Å². The number of anilines is 1. The number of amidine groups is 1. The molecule has 3 heterocycles. The van der Waals surface area contributed by atoms with Gasteiger partial charge in [0.25, 0.3) is 0 Å². The second-order valence-electron chi connectivity index (χ2n) is 12.0. The average Bonchev–Trinajstić information content (AvgIpc) is 3.68. The Bertz CT molecular complexity index is 2700. The standard InChI is InChI=1S/C42H26N2OS/c1-3-9-27-21-29(15-13-25(27)7-1)30-18-20-36-35(23-30)33-19-17-32(24-37(33)45-36)42-43-39(31-16-14-26-8-2-4-10-28(26)22-31)41-40(44-42)34-11-5-6-12-38(34)46-41/h1-24,39H,(H,43,44). The topological polar surface area (TPSA) is 37.5 Å². The third-order valence-electron chi connectivity index (χ3n) is 9.29. The zero-order valence-corrected chi connectivity index (χ0v) is 25.5. The van der Waals surface area contributed by atoms with Crippen LogP contribution in [0.5, 0.6) is 0 Å². The van der Waals surface area contributed by atoms with Crippen LogP contribution in [0.4, 0.5) is 5.69 Å². The molecule has 0 saturated heterocycles. The van der Waals surface area contributed by atoms with E-state index < -0.39 is 0 Å². The van der Waals surface area contributed by atoms with Gasteiger partial charge in [-0.3, -0.25) is 4.99 Å². The number of hydrogen-bond donors (Lipinski definition) is 1. The van der Waals surface area contributed by atoms with E-state index >= 15 is 0 Å². The highest BCUT2D eigenvalue weighted by Gasteiger charge is 2.28. The van der Waals surface area contributed by atoms with E-state index in [1.54, 1.807) is 0 Å². The predicted octanol–water partition coefficient (Wildman–Crippen LogP) is 11.7. The van der Waals surface area contributed by atoms with Crippen molar-refractivity contribution in [3.8, 4) is 11.1 Å². The normalized spacial score (nSPS) is 14.6. The molecule has 0 bridgehead atoms. The van der Waals surface area contributed by atoms with E-state index in [-0.39, 0.29) is 6.04 Å². The van der Waals surface area contributed by atoms with Crippen molar-refractivity contribution >= 4 is 76.4 Å². The van der Waals surface area contributed by atoms with Crippen molar-refractivity contribution in [1.29, 1.82) is 0 Å². The first-order chi connectivity index (χ1) is 22.7. The number of fused-ring (bicyclic) bond motifs is 8. The Kier molecular flexibility index (Phi) is 5.51. The van der Waals surface area contributed by atoms with Crippen LogP contribution < -0.4 is 5.32 Å². The fourth-order valence-corrected chi connectivity index (χ4v) is 8.17. The maximum Gasteiger partial charge on any atom is 0.136 e. The molecule has 46 heavy (non-hydrogen) atoms. The number of benzene rings is 7. The van der Waals surface area contributed by atoms with E-state index in [0.29, 0.717) is 0 Å². The Morgan fingerprint density at radius 2 is 1.22 bits per heavy atom. The molecular formula is C42H26N2OS. The summed E-state index contributed by atoms with van der Waals surface area (Å²) in [6.07, 6.45) is 0. The van der Waals surface area contributed by atoms with Crippen LogP contribution in [0.2, 0.25) is 0 Å². The molecule has 1 N–H and O–H groups in total. The molecule has 4 heteroatoms. The van der Waals surface area contributed by atoms with E-state index in [2.05, 4.69) is 151 Å². The van der Waals surface area contributed by atoms with Crippen LogP contribution in [0, 0.1) is 0 Å². The average molecular weight is 607 g/mol. The lowest BCUT2D eigenvalue weighted by atomic mass is 9.98. The van der Waals surface area contributed by atoms with E-state index in [1.807, 2.05) is 11.3 Å². The SMILES string of the molecule is c1ccc2cc(-c3ccc4oc5cc(C6=NC(c7ccc8ccccc8c7)c7sc8ccccc8c7N6)ccc5c4c3)ccc2c1. The highest BCUT2D eigenvalue weighted by Crippen LogP contribution is 2.46. The summed E-state index contributed by atoms with van der Waals surface area (Å²) in [7, 11) is 0. The Labute approximate surface area is 269 Å². The molecule has 0 radical (unpaired) electrons. The number of rotatable bonds is 3. The lowest BCUT2D eigenvalue weighted by Crippen LogP contribution is -2.21. The van der Waals surface area contributed by atoms with Crippen LogP contribution in [0.25, 0.3) is 64.7 Å². The van der Waals surface area contributed by atoms with Gasteiger partial charge in [0.1, 0.15) is 23.0 Å². The number of nitrogens with one attached hydrogen (secondary N) is 1. The largest absolute Gasteiger partial charge is 0.456 e. The summed E-state index contributed by atoms with van der Waals surface area (Å²) in [5, 5.41) is 12.1. The molecule has 0 fully saturated rings. The Morgan fingerprint density at radius 3 is 2.09 bits per heavy atom. The van der Waals surface area contributed by atoms with Gasteiger partial charge in [0.05, 0.1) is 10.6 Å². The minimum Gasteiger partial charge on any atom is -0.456 e. The minimum atomic E-state index is -0.107. The van der Waals surface area contributed by atoms with Crippen LogP contribution in [0.3, 0.4) is 0 Å². The lowest BCUT2D eigenvalue weighted by molar-refractivity contribution is 0.669. The molecule has 216 valence electrons. The highest BCUT2D eigenvalue weighted by molar-refractivity contribution is 7.20. The third kappa shape index (κ3) is 4.01. The molecule has 0 spiro atoms. The Balaban J connectivity index is 1.09. The fourth-order valence-electron chi connectivity index (χ4n) is 6.95. The van der Waals surface area contributed by atoms with Crippen LogP contribution in [0.1, 0.15) is 22.0 Å². The van der Waals surface area contributed by atoms with Gasteiger partial charge in [0.2, 0.25) is 0 Å². The van der Waals surface area contributed by atoms with Crippen molar-refractivity contribution in [2.24, 2.45) is 4.99 Å². The monoisotopic (exact) mass is 606 g/mol. The molecule has 9 aromatic rings. The molecule has 0 saturated carbocycles. The maximum atomic E-state index is 6.45. The van der Waals surface area contributed by atoms with Gasteiger partial charge < -0.3 is 9.73 Å². The molecule has 0 aliphatic carbocycles. The highest BCUT2D eigenvalue weighted by atomic mass is 32.1. The molecular weight excluding hydrogens is 581 g/mol. The minimum absolute atomic E-state index is 0.107. The quantitative estimate of drug-likeness (QED) is 0.217. The maximum absolute atomic E-state index is 6.45. The van der Waals surface area contributed by atoms with Gasteiger partial charge in [-0.2, -0.15) is 0 Å². The smallest absolute Gasteiger partial charge is 0.136 e. The predicted molar refractivity (Wildman–Crippen MR) is 194 cm³/mol. The first-order valence-electron chi connectivity index (χ1n) is 15.6. The first-order valence-corrected chi connectivity index (χ1v) is 16.4. The molecule has 1 aliphatic rings. The zero-order valence-electron chi connectivity index (χ0n) is 24.7. The van der Waals surface area contributed by atoms with Crippen molar-refractivity contribution in [3.63, 3.8) is 0 Å². The number of hydrogen-bond acceptors (Lipinski definition) is 4. The molecule has 1 atom stereocenters. The number of nitrogens with zero attached hydrogens (tertiary/aromatic N) is 1. The number of aliphatic imine (C=N–C) groups is 1. The van der Waals surface area contributed by atoms with Gasteiger partial charge in [-0.15, -0.1) is 11.3 Å². The van der Waals surface area contributed by atoms with Gasteiger partial charge in [-0.25, -0.2) is 0 Å². The van der Waals surface area contributed by atoms with E-state index in [1.165, 1.54) is 53.2 Å². The van der Waals surface area contributed by atoms with Gasteiger partial charge in [0, 0.05) is 26.4 Å². The van der Waals surface area contributed by atoms with Gasteiger partial charge in [-0.05, 0) is 80.7 Å². The van der Waals surface area contributed by atoms with Gasteiger partial charge in [0.15, 0.2) is 0 Å². The summed E-state index contributed by atoms with van der Waals surface area (Å²) in [5.74, 6) is 0.855. The molecule has 0 amide bonds. The number of furan rings is 1. The van der Waals surface area contributed by atoms with Crippen LogP contribution >= 0.6 is 11.3 Å². The summed E-state index contributed by atoms with van der Waals surface area (Å²) in [4.78, 5) is 6.62. The zero-order chi connectivity index (χ0) is 30.2. The second-order valence-corrected chi connectivity index (χ2v) is 13.1. The van der Waals surface area contributed by atoms with Gasteiger partial charge >= 0.3 is 0 Å². The summed E-state index contributed by atoms with van der Waals surface area (Å²) in [5.41, 5.74) is 7.47. The Morgan fingerprint density at radius 1 is 0.522 bits per heavy atom. The summed E-state index contributed by atoms with van der Waals surface area (Å²) >= 11 is 1.82. The Hall–Kier alpha value is -5.71. The molecule has 2 aromatic heterocycles. The van der Waals surface area contributed by atoms with Gasteiger partial charge in [-0.1, -0.05) is 103 Å². The fraction of sp³-hybridized carbons (Fsp3) is 0.0238. The molecule has 3 nitrogen and oxygen atoms in total. The van der Waals surface area contributed by atoms with Crippen LogP contribution in [0.15, 0.2) is 155 Å². The van der Waals surface area contributed by atoms with E-state index in [4.69, 9.17) is 9.41 Å². The second kappa shape index (κ2) is 9.90. The third-order valence-corrected chi connectivity index (χ3v) is 10.5. The summed E-state index contributed by atoms with van der Waals surface area (Å²) < 4.78 is 7.71. The van der Waals surface area contributed by atoms with Crippen molar-refractivity contribution in [2.75, 3.05) is 5.32 Å². The van der Waals surface area contributed by atoms with Crippen molar-refractivity contribution in [2.45, 2.75) is 6.04 Å².